The molecule has 0 radical (unpaired) electrons. The minimum Gasteiger partial charge on any atom is -0.469 e. The average Bonchev–Trinajstić information content (AvgIpc) is 3.03. The Morgan fingerprint density at radius 2 is 2.13 bits per heavy atom. The average molecular weight is 385 g/mol. The number of aliphatic hydroxyl groups excluding tert-OH is 1. The molecule has 0 amide bonds. The summed E-state index contributed by atoms with van der Waals surface area (Å²) in [5.74, 6) is -1.67. The van der Waals surface area contributed by atoms with Gasteiger partial charge in [-0.05, 0) is 39.5 Å². The third kappa shape index (κ3) is 3.70. The highest BCUT2D eigenvalue weighted by Gasteiger charge is 2.25. The van der Waals surface area contributed by atoms with Crippen LogP contribution in [-0.4, -0.2) is 41.5 Å². The van der Waals surface area contributed by atoms with Crippen molar-refractivity contribution in [3.63, 3.8) is 0 Å². The molecule has 1 heterocycles. The Morgan fingerprint density at radius 3 is 2.74 bits per heavy atom. The number of halogens is 1. The number of H-pyrrole nitrogens is 1. The zero-order chi connectivity index (χ0) is 17.0. The van der Waals surface area contributed by atoms with Crippen molar-refractivity contribution in [1.82, 2.24) is 10.2 Å². The van der Waals surface area contributed by atoms with E-state index in [1.54, 1.807) is 12.3 Å². The highest BCUT2D eigenvalue weighted by atomic mass is 79.9. The molecule has 7 nitrogen and oxygen atoms in total. The maximum atomic E-state index is 11.9. The number of nitrogens with one attached hydrogen (secondary N) is 1. The van der Waals surface area contributed by atoms with Crippen molar-refractivity contribution in [2.24, 2.45) is 5.92 Å². The monoisotopic (exact) mass is 384 g/mol. The Balaban J connectivity index is 2.40. The molecule has 0 spiro atoms. The van der Waals surface area contributed by atoms with E-state index in [2.05, 4.69) is 30.9 Å². The smallest absolute Gasteiger partial charge is 0.309 e. The molecule has 8 heteroatoms. The van der Waals surface area contributed by atoms with Crippen LogP contribution in [0.2, 0.25) is 0 Å². The molecule has 0 aliphatic rings. The number of carbonyl (C=O) groups is 2. The summed E-state index contributed by atoms with van der Waals surface area (Å²) in [5, 5.41) is 17.3. The number of nitrogens with zero attached hydrogens (tertiary/aromatic N) is 1. The summed E-state index contributed by atoms with van der Waals surface area (Å²) in [6.07, 6.45) is 1.77. The van der Waals surface area contributed by atoms with Crippen LogP contribution in [0, 0.1) is 5.92 Å². The number of fused-ring (bicyclic) bond motifs is 1. The van der Waals surface area contributed by atoms with E-state index in [9.17, 15) is 14.7 Å². The van der Waals surface area contributed by atoms with Crippen LogP contribution in [0.3, 0.4) is 0 Å². The lowest BCUT2D eigenvalue weighted by Gasteiger charge is -2.16. The number of methoxy groups -OCH3 is 2. The van der Waals surface area contributed by atoms with Gasteiger partial charge in [0.1, 0.15) is 0 Å². The van der Waals surface area contributed by atoms with Gasteiger partial charge in [-0.2, -0.15) is 5.10 Å². The first-order chi connectivity index (χ1) is 11.0. The summed E-state index contributed by atoms with van der Waals surface area (Å²) in [4.78, 5) is 23.5. The minimum atomic E-state index is -0.686. The van der Waals surface area contributed by atoms with E-state index in [0.29, 0.717) is 5.56 Å². The van der Waals surface area contributed by atoms with E-state index in [0.717, 1.165) is 20.9 Å². The van der Waals surface area contributed by atoms with Crippen LogP contribution in [-0.2, 0) is 32.1 Å². The Hall–Kier alpha value is -1.93. The highest BCUT2D eigenvalue weighted by Crippen LogP contribution is 2.30. The number of rotatable bonds is 6. The molecule has 124 valence electrons. The number of ether oxygens (including phenoxy) is 2. The quantitative estimate of drug-likeness (QED) is 0.735. The molecular weight excluding hydrogens is 368 g/mol. The third-order valence-corrected chi connectivity index (χ3v) is 4.32. The molecule has 1 atom stereocenters. The van der Waals surface area contributed by atoms with Gasteiger partial charge in [-0.3, -0.25) is 14.7 Å². The molecule has 2 N–H and O–H groups in total. The van der Waals surface area contributed by atoms with Crippen molar-refractivity contribution in [3.8, 4) is 0 Å². The number of aliphatic hydroxyl groups is 1. The van der Waals surface area contributed by atoms with Crippen molar-refractivity contribution >= 4 is 38.8 Å². The predicted molar refractivity (Wildman–Crippen MR) is 85.6 cm³/mol. The normalized spacial score (nSPS) is 12.2. The minimum absolute atomic E-state index is 0.0882. The van der Waals surface area contributed by atoms with Gasteiger partial charge in [-0.1, -0.05) is 0 Å². The van der Waals surface area contributed by atoms with E-state index in [1.165, 1.54) is 14.2 Å². The van der Waals surface area contributed by atoms with Crippen LogP contribution in [0.25, 0.3) is 10.9 Å². The maximum Gasteiger partial charge on any atom is 0.309 e. The molecule has 1 aromatic carbocycles. The van der Waals surface area contributed by atoms with Gasteiger partial charge >= 0.3 is 11.9 Å². The number of carbonyl (C=O) groups excluding carboxylic acids is 2. The predicted octanol–water partition coefficient (Wildman–Crippen LogP) is 1.71. The molecule has 0 aliphatic carbocycles. The fourth-order valence-electron chi connectivity index (χ4n) is 2.51. The second-order valence-corrected chi connectivity index (χ2v) is 5.87. The Kier molecular flexibility index (Phi) is 5.73. The first-order valence-electron chi connectivity index (χ1n) is 6.90. The fourth-order valence-corrected chi connectivity index (χ4v) is 3.09. The summed E-state index contributed by atoms with van der Waals surface area (Å²) < 4.78 is 10.2. The van der Waals surface area contributed by atoms with Gasteiger partial charge in [0.2, 0.25) is 0 Å². The SMILES string of the molecule is COC(=O)C[C@H](Cc1cc(Br)c2[nH]ncc2c1CO)C(=O)OC. The van der Waals surface area contributed by atoms with Crippen LogP contribution < -0.4 is 0 Å². The lowest BCUT2D eigenvalue weighted by atomic mass is 9.92. The summed E-state index contributed by atoms with van der Waals surface area (Å²) >= 11 is 3.44. The van der Waals surface area contributed by atoms with Crippen molar-refractivity contribution in [2.75, 3.05) is 14.2 Å². The van der Waals surface area contributed by atoms with Gasteiger partial charge in [0, 0.05) is 9.86 Å². The molecule has 0 saturated carbocycles. The Labute approximate surface area is 141 Å². The van der Waals surface area contributed by atoms with Crippen LogP contribution in [0.5, 0.6) is 0 Å². The molecular formula is C15H17BrN2O5. The summed E-state index contributed by atoms with van der Waals surface area (Å²) in [7, 11) is 2.54. The van der Waals surface area contributed by atoms with Gasteiger partial charge in [0.25, 0.3) is 0 Å². The number of esters is 2. The topological polar surface area (TPSA) is 102 Å². The standard InChI is InChI=1S/C15H17BrN2O5/c1-22-13(20)5-9(15(21)23-2)3-8-4-12(16)14-10(6-17-18-14)11(8)7-19/h4,6,9,19H,3,5,7H2,1-2H3,(H,17,18)/t9-/m0/s1. The van der Waals surface area contributed by atoms with Crippen molar-refractivity contribution in [2.45, 2.75) is 19.4 Å². The number of aromatic amines is 1. The van der Waals surface area contributed by atoms with Gasteiger partial charge in [0.15, 0.2) is 0 Å². The van der Waals surface area contributed by atoms with E-state index in [1.807, 2.05) is 0 Å². The Morgan fingerprint density at radius 1 is 1.39 bits per heavy atom. The first kappa shape index (κ1) is 17.4. The van der Waals surface area contributed by atoms with E-state index < -0.39 is 17.9 Å². The van der Waals surface area contributed by atoms with Gasteiger partial charge in [-0.15, -0.1) is 0 Å². The molecule has 0 aliphatic heterocycles. The maximum absolute atomic E-state index is 11.9. The lowest BCUT2D eigenvalue weighted by molar-refractivity contribution is -0.152. The van der Waals surface area contributed by atoms with Crippen LogP contribution in [0.4, 0.5) is 0 Å². The number of hydrogen-bond donors (Lipinski definition) is 2. The molecule has 1 aromatic heterocycles. The van der Waals surface area contributed by atoms with Gasteiger partial charge in [-0.25, -0.2) is 0 Å². The molecule has 0 saturated heterocycles. The van der Waals surface area contributed by atoms with Crippen LogP contribution in [0.1, 0.15) is 17.5 Å². The summed E-state index contributed by atoms with van der Waals surface area (Å²) in [6, 6.07) is 1.80. The van der Waals surface area contributed by atoms with Crippen LogP contribution >= 0.6 is 15.9 Å². The summed E-state index contributed by atoms with van der Waals surface area (Å²) in [6.45, 7) is -0.204. The molecule has 2 aromatic rings. The van der Waals surface area contributed by atoms with Gasteiger partial charge in [0.05, 0.1) is 44.9 Å². The van der Waals surface area contributed by atoms with Gasteiger partial charge < -0.3 is 14.6 Å². The molecule has 2 rings (SSSR count). The molecule has 0 bridgehead atoms. The van der Waals surface area contributed by atoms with Crippen molar-refractivity contribution in [1.29, 1.82) is 0 Å². The van der Waals surface area contributed by atoms with E-state index in [-0.39, 0.29) is 19.4 Å². The lowest BCUT2D eigenvalue weighted by Crippen LogP contribution is -2.23. The van der Waals surface area contributed by atoms with E-state index in [4.69, 9.17) is 4.74 Å². The molecule has 0 fully saturated rings. The fraction of sp³-hybridized carbons (Fsp3) is 0.400. The van der Waals surface area contributed by atoms with Crippen molar-refractivity contribution < 1.29 is 24.2 Å². The zero-order valence-corrected chi connectivity index (χ0v) is 14.3. The zero-order valence-electron chi connectivity index (χ0n) is 12.8. The largest absolute Gasteiger partial charge is 0.469 e. The van der Waals surface area contributed by atoms with E-state index >= 15 is 0 Å². The molecule has 0 unspecified atom stereocenters. The molecule has 23 heavy (non-hydrogen) atoms. The third-order valence-electron chi connectivity index (χ3n) is 3.69. The Bertz CT molecular complexity index is 728. The van der Waals surface area contributed by atoms with Crippen molar-refractivity contribution in [3.05, 3.63) is 27.9 Å². The number of hydrogen-bond acceptors (Lipinski definition) is 6. The highest BCUT2D eigenvalue weighted by molar-refractivity contribution is 9.10. The number of aromatic nitrogens is 2. The summed E-state index contributed by atoms with van der Waals surface area (Å²) in [5.41, 5.74) is 2.17. The first-order valence-corrected chi connectivity index (χ1v) is 7.69. The number of benzene rings is 1. The second-order valence-electron chi connectivity index (χ2n) is 5.02. The van der Waals surface area contributed by atoms with Crippen LogP contribution in [0.15, 0.2) is 16.7 Å². The second kappa shape index (κ2) is 7.56.